The fourth-order valence-corrected chi connectivity index (χ4v) is 4.64. The Hall–Kier alpha value is -4.31. The summed E-state index contributed by atoms with van der Waals surface area (Å²) in [5.74, 6) is -0.825. The number of benzene rings is 3. The number of phenols is 1. The van der Waals surface area contributed by atoms with Gasteiger partial charge in [0.15, 0.2) is 0 Å². The number of phenolic OH excluding ortho intramolecular Hbond substituents is 1. The van der Waals surface area contributed by atoms with E-state index in [9.17, 15) is 27.9 Å². The second-order valence-electron chi connectivity index (χ2n) is 9.51. The smallest absolute Gasteiger partial charge is 0.416 e. The number of hydrogen-bond donors (Lipinski definition) is 3. The van der Waals surface area contributed by atoms with E-state index in [-0.39, 0.29) is 29.5 Å². The summed E-state index contributed by atoms with van der Waals surface area (Å²) in [5.41, 5.74) is 1.24. The van der Waals surface area contributed by atoms with Gasteiger partial charge in [-0.1, -0.05) is 42.3 Å². The molecule has 0 atom stereocenters. The molecule has 40 heavy (non-hydrogen) atoms. The number of hydrogen-bond acceptors (Lipinski definition) is 4. The summed E-state index contributed by atoms with van der Waals surface area (Å²) >= 11 is 6.20. The minimum atomic E-state index is -4.58. The van der Waals surface area contributed by atoms with Crippen molar-refractivity contribution in [3.63, 3.8) is 0 Å². The molecule has 1 fully saturated rings. The monoisotopic (exact) mass is 568 g/mol. The molecule has 0 radical (unpaired) electrons. The normalized spacial score (nSPS) is 13.5. The molecule has 2 amide bonds. The van der Waals surface area contributed by atoms with E-state index in [0.717, 1.165) is 48.7 Å². The highest BCUT2D eigenvalue weighted by molar-refractivity contribution is 6.31. The van der Waals surface area contributed by atoms with Crippen LogP contribution < -0.4 is 10.6 Å². The van der Waals surface area contributed by atoms with Crippen molar-refractivity contribution in [1.82, 2.24) is 15.1 Å². The van der Waals surface area contributed by atoms with Gasteiger partial charge < -0.3 is 15.7 Å². The predicted octanol–water partition coefficient (Wildman–Crippen LogP) is 7.21. The van der Waals surface area contributed by atoms with E-state index in [1.807, 2.05) is 12.1 Å². The predicted molar refractivity (Wildman–Crippen MR) is 144 cm³/mol. The fraction of sp³-hybridized carbons (Fsp3) is 0.207. The number of alkyl halides is 3. The van der Waals surface area contributed by atoms with Gasteiger partial charge in [0, 0.05) is 40.4 Å². The van der Waals surface area contributed by atoms with Crippen molar-refractivity contribution in [2.75, 3.05) is 5.32 Å². The van der Waals surface area contributed by atoms with Crippen LogP contribution in [0.5, 0.6) is 5.75 Å². The zero-order valence-corrected chi connectivity index (χ0v) is 21.8. The minimum Gasteiger partial charge on any atom is -0.507 e. The number of anilines is 1. The van der Waals surface area contributed by atoms with Crippen molar-refractivity contribution >= 4 is 29.2 Å². The van der Waals surface area contributed by atoms with Crippen LogP contribution in [0.4, 0.5) is 23.7 Å². The molecule has 0 aliphatic heterocycles. The van der Waals surface area contributed by atoms with Crippen molar-refractivity contribution in [3.8, 4) is 17.0 Å². The third-order valence-electron chi connectivity index (χ3n) is 6.82. The first-order chi connectivity index (χ1) is 19.1. The van der Waals surface area contributed by atoms with E-state index in [1.54, 1.807) is 18.2 Å². The van der Waals surface area contributed by atoms with Gasteiger partial charge in [0.25, 0.3) is 5.91 Å². The first kappa shape index (κ1) is 27.3. The molecule has 1 aliphatic carbocycles. The number of nitrogens with one attached hydrogen (secondary N) is 2. The summed E-state index contributed by atoms with van der Waals surface area (Å²) in [6, 6.07) is 16.9. The van der Waals surface area contributed by atoms with Crippen LogP contribution in [-0.2, 0) is 12.7 Å². The first-order valence-corrected chi connectivity index (χ1v) is 12.9. The number of rotatable bonds is 6. The maximum absolute atomic E-state index is 13.1. The minimum absolute atomic E-state index is 0.153. The highest BCUT2D eigenvalue weighted by Crippen LogP contribution is 2.39. The molecule has 0 saturated heterocycles. The molecule has 206 valence electrons. The number of aromatic hydroxyl groups is 1. The van der Waals surface area contributed by atoms with Crippen molar-refractivity contribution in [2.24, 2.45) is 0 Å². The first-order valence-electron chi connectivity index (χ1n) is 12.5. The zero-order chi connectivity index (χ0) is 28.4. The molecule has 0 unspecified atom stereocenters. The van der Waals surface area contributed by atoms with Gasteiger partial charge in [-0.3, -0.25) is 4.79 Å². The average Bonchev–Trinajstić information content (AvgIpc) is 3.31. The summed E-state index contributed by atoms with van der Waals surface area (Å²) in [6.07, 6.45) is -1.72. The number of nitrogens with zero attached hydrogens (tertiary/aromatic N) is 2. The lowest BCUT2D eigenvalue weighted by molar-refractivity contribution is -0.137. The van der Waals surface area contributed by atoms with Crippen molar-refractivity contribution in [2.45, 2.75) is 37.9 Å². The largest absolute Gasteiger partial charge is 0.507 e. The van der Waals surface area contributed by atoms with Gasteiger partial charge in [0.05, 0.1) is 17.0 Å². The Morgan fingerprint density at radius 2 is 1.80 bits per heavy atom. The molecule has 0 bridgehead atoms. The average molecular weight is 569 g/mol. The molecule has 7 nitrogen and oxygen atoms in total. The van der Waals surface area contributed by atoms with Crippen LogP contribution in [0.2, 0.25) is 5.02 Å². The molecule has 1 aliphatic rings. The lowest BCUT2D eigenvalue weighted by Crippen LogP contribution is -2.31. The Kier molecular flexibility index (Phi) is 7.53. The number of halogens is 4. The molecule has 1 heterocycles. The number of carbonyl (C=O) groups excluding carboxylic acids is 2. The summed E-state index contributed by atoms with van der Waals surface area (Å²) in [6.45, 7) is 0.212. The molecule has 0 spiro atoms. The number of amides is 2. The summed E-state index contributed by atoms with van der Waals surface area (Å²) < 4.78 is 40.3. The summed E-state index contributed by atoms with van der Waals surface area (Å²) in [5, 5.41) is 21.1. The Bertz CT molecular complexity index is 1580. The Balaban J connectivity index is 1.35. The second kappa shape index (κ2) is 11.1. The van der Waals surface area contributed by atoms with E-state index in [2.05, 4.69) is 15.7 Å². The summed E-state index contributed by atoms with van der Waals surface area (Å²) in [7, 11) is 0. The van der Waals surface area contributed by atoms with Crippen LogP contribution in [0.3, 0.4) is 0 Å². The van der Waals surface area contributed by atoms with Crippen LogP contribution in [0.15, 0.2) is 72.8 Å². The standard InChI is InChI=1S/C29H24ClF3N4O3/c30-23-10-2-1-5-19(23)16-34-28(40)37-25(17-6-3-7-17)15-24(36-37)22-12-11-21(14-26(22)38)35-27(39)18-8-4-9-20(13-18)29(31,32)33/h1-2,4-5,8-15,17,38H,3,6-7,16H2,(H,34,40)(H,35,39). The second-order valence-corrected chi connectivity index (χ2v) is 9.92. The van der Waals surface area contributed by atoms with E-state index in [0.29, 0.717) is 16.3 Å². The van der Waals surface area contributed by atoms with Gasteiger partial charge in [-0.2, -0.15) is 23.0 Å². The van der Waals surface area contributed by atoms with Crippen LogP contribution >= 0.6 is 11.6 Å². The Labute approximate surface area is 232 Å². The molecular weight excluding hydrogens is 545 g/mol. The van der Waals surface area contributed by atoms with E-state index < -0.39 is 23.7 Å². The molecular formula is C29H24ClF3N4O3. The van der Waals surface area contributed by atoms with Gasteiger partial charge in [-0.25, -0.2) is 4.79 Å². The Morgan fingerprint density at radius 3 is 2.48 bits per heavy atom. The molecule has 5 rings (SSSR count). The number of aromatic nitrogens is 2. The van der Waals surface area contributed by atoms with E-state index in [1.165, 1.54) is 28.9 Å². The van der Waals surface area contributed by atoms with Crippen LogP contribution in [0.1, 0.15) is 52.4 Å². The molecule has 4 aromatic rings. The SMILES string of the molecule is O=C(Nc1ccc(-c2cc(C3CCC3)n(C(=O)NCc3ccccc3Cl)n2)c(O)c1)c1cccc(C(F)(F)F)c1. The molecule has 1 aromatic heterocycles. The summed E-state index contributed by atoms with van der Waals surface area (Å²) in [4.78, 5) is 25.6. The lowest BCUT2D eigenvalue weighted by Gasteiger charge is -2.25. The highest BCUT2D eigenvalue weighted by Gasteiger charge is 2.31. The van der Waals surface area contributed by atoms with Crippen molar-refractivity contribution < 1.29 is 27.9 Å². The van der Waals surface area contributed by atoms with Crippen molar-refractivity contribution in [1.29, 1.82) is 0 Å². The third kappa shape index (κ3) is 5.81. The van der Waals surface area contributed by atoms with Crippen molar-refractivity contribution in [3.05, 3.63) is 100 Å². The van der Waals surface area contributed by atoms with Gasteiger partial charge in [-0.15, -0.1) is 0 Å². The van der Waals surface area contributed by atoms with Crippen LogP contribution in [0.25, 0.3) is 11.3 Å². The molecule has 3 aromatic carbocycles. The third-order valence-corrected chi connectivity index (χ3v) is 7.19. The number of carbonyl (C=O) groups is 2. The fourth-order valence-electron chi connectivity index (χ4n) is 4.44. The topological polar surface area (TPSA) is 96.3 Å². The molecule has 3 N–H and O–H groups in total. The zero-order valence-electron chi connectivity index (χ0n) is 21.0. The van der Waals surface area contributed by atoms with Gasteiger partial charge in [0.2, 0.25) is 0 Å². The van der Waals surface area contributed by atoms with Crippen LogP contribution in [-0.4, -0.2) is 26.8 Å². The van der Waals surface area contributed by atoms with Gasteiger partial charge in [-0.05, 0) is 60.9 Å². The Morgan fingerprint density at radius 1 is 1.02 bits per heavy atom. The lowest BCUT2D eigenvalue weighted by atomic mass is 9.82. The highest BCUT2D eigenvalue weighted by atomic mass is 35.5. The maximum atomic E-state index is 13.1. The van der Waals surface area contributed by atoms with E-state index in [4.69, 9.17) is 11.6 Å². The van der Waals surface area contributed by atoms with Gasteiger partial charge >= 0.3 is 12.2 Å². The van der Waals surface area contributed by atoms with E-state index >= 15 is 0 Å². The molecule has 11 heteroatoms. The van der Waals surface area contributed by atoms with Gasteiger partial charge in [0.1, 0.15) is 5.75 Å². The quantitative estimate of drug-likeness (QED) is 0.229. The maximum Gasteiger partial charge on any atom is 0.416 e. The molecule has 1 saturated carbocycles. The van der Waals surface area contributed by atoms with Crippen LogP contribution in [0, 0.1) is 0 Å².